The molecule has 0 aliphatic heterocycles. The Morgan fingerprint density at radius 1 is 1.35 bits per heavy atom. The molecule has 2 rings (SSSR count). The Kier molecular flexibility index (Phi) is 4.70. The number of pyridine rings is 1. The van der Waals surface area contributed by atoms with Crippen LogP contribution in [0.1, 0.15) is 25.7 Å². The van der Waals surface area contributed by atoms with E-state index in [1.807, 2.05) is 0 Å². The zero-order valence-electron chi connectivity index (χ0n) is 11.1. The number of hydrazine groups is 1. The van der Waals surface area contributed by atoms with Crippen molar-refractivity contribution >= 4 is 17.3 Å². The average Bonchev–Trinajstić information content (AvgIpc) is 2.47. The fourth-order valence-electron chi connectivity index (χ4n) is 2.47. The second-order valence-corrected chi connectivity index (χ2v) is 5.04. The molecule has 0 bridgehead atoms. The maximum absolute atomic E-state index is 10.8. The molecule has 1 fully saturated rings. The first kappa shape index (κ1) is 14.5. The summed E-state index contributed by atoms with van der Waals surface area (Å²) in [6.07, 6.45) is 3.73. The Morgan fingerprint density at radius 3 is 2.55 bits per heavy atom. The molecule has 110 valence electrons. The molecule has 0 saturated heterocycles. The summed E-state index contributed by atoms with van der Waals surface area (Å²) in [6, 6.07) is 2.91. The van der Waals surface area contributed by atoms with Gasteiger partial charge in [0.05, 0.1) is 17.1 Å². The van der Waals surface area contributed by atoms with Crippen LogP contribution < -0.4 is 16.6 Å². The van der Waals surface area contributed by atoms with Gasteiger partial charge in [-0.1, -0.05) is 0 Å². The van der Waals surface area contributed by atoms with Crippen molar-refractivity contribution in [1.29, 1.82) is 0 Å². The van der Waals surface area contributed by atoms with Gasteiger partial charge in [0.1, 0.15) is 11.6 Å². The number of nitrogens with one attached hydrogen (secondary N) is 2. The van der Waals surface area contributed by atoms with Gasteiger partial charge in [0.15, 0.2) is 0 Å². The lowest BCUT2D eigenvalue weighted by Gasteiger charge is -2.28. The fourth-order valence-corrected chi connectivity index (χ4v) is 2.47. The van der Waals surface area contributed by atoms with Crippen molar-refractivity contribution in [2.24, 2.45) is 11.8 Å². The highest BCUT2D eigenvalue weighted by Gasteiger charge is 2.21. The minimum absolute atomic E-state index is 0.0560. The first-order valence-electron chi connectivity index (χ1n) is 6.63. The lowest BCUT2D eigenvalue weighted by atomic mass is 9.86. The highest BCUT2D eigenvalue weighted by molar-refractivity contribution is 5.54. The summed E-state index contributed by atoms with van der Waals surface area (Å²) >= 11 is 0. The molecule has 1 aromatic rings. The summed E-state index contributed by atoms with van der Waals surface area (Å²) in [5.41, 5.74) is 2.27. The molecule has 8 heteroatoms. The highest BCUT2D eigenvalue weighted by atomic mass is 16.6. The summed E-state index contributed by atoms with van der Waals surface area (Å²) in [4.78, 5) is 14.5. The van der Waals surface area contributed by atoms with E-state index in [0.29, 0.717) is 11.7 Å². The van der Waals surface area contributed by atoms with E-state index >= 15 is 0 Å². The number of hydrogen-bond donors (Lipinski definition) is 4. The monoisotopic (exact) mass is 281 g/mol. The van der Waals surface area contributed by atoms with Gasteiger partial charge >= 0.3 is 0 Å². The Morgan fingerprint density at radius 2 is 2.00 bits per heavy atom. The van der Waals surface area contributed by atoms with Crippen molar-refractivity contribution in [3.05, 3.63) is 22.2 Å². The van der Waals surface area contributed by atoms with Crippen LogP contribution in [0.2, 0.25) is 0 Å². The Hall–Kier alpha value is -1.93. The molecular formula is C12H19N5O3. The zero-order valence-corrected chi connectivity index (χ0v) is 11.1. The number of rotatable bonds is 5. The molecular weight excluding hydrogens is 262 g/mol. The number of nitro groups is 1. The van der Waals surface area contributed by atoms with Gasteiger partial charge in [-0.3, -0.25) is 10.1 Å². The lowest BCUT2D eigenvalue weighted by Crippen LogP contribution is -2.27. The van der Waals surface area contributed by atoms with E-state index in [4.69, 9.17) is 10.9 Å². The number of nitrogen functional groups attached to an aromatic ring is 1. The molecule has 1 heterocycles. The van der Waals surface area contributed by atoms with Crippen molar-refractivity contribution in [1.82, 2.24) is 4.98 Å². The summed E-state index contributed by atoms with van der Waals surface area (Å²) in [6.45, 7) is 0.225. The van der Waals surface area contributed by atoms with E-state index in [9.17, 15) is 10.1 Å². The van der Waals surface area contributed by atoms with E-state index in [2.05, 4.69) is 15.7 Å². The lowest BCUT2D eigenvalue weighted by molar-refractivity contribution is -0.384. The maximum Gasteiger partial charge on any atom is 0.276 e. The molecule has 1 aromatic heterocycles. The van der Waals surface area contributed by atoms with Crippen LogP contribution in [0.4, 0.5) is 17.3 Å². The van der Waals surface area contributed by atoms with Crippen molar-refractivity contribution in [3.8, 4) is 0 Å². The maximum atomic E-state index is 10.8. The third-order valence-corrected chi connectivity index (χ3v) is 3.63. The van der Waals surface area contributed by atoms with Crippen molar-refractivity contribution in [2.75, 3.05) is 17.3 Å². The molecule has 0 atom stereocenters. The van der Waals surface area contributed by atoms with Crippen molar-refractivity contribution in [2.45, 2.75) is 31.7 Å². The van der Waals surface area contributed by atoms with Crippen LogP contribution in [0.25, 0.3) is 0 Å². The van der Waals surface area contributed by atoms with Crippen LogP contribution in [0, 0.1) is 16.0 Å². The van der Waals surface area contributed by atoms with E-state index in [1.54, 1.807) is 0 Å². The van der Waals surface area contributed by atoms with E-state index in [1.165, 1.54) is 12.1 Å². The van der Waals surface area contributed by atoms with Crippen LogP contribution in [0.5, 0.6) is 0 Å². The van der Waals surface area contributed by atoms with Gasteiger partial charge in [-0.2, -0.15) is 0 Å². The van der Waals surface area contributed by atoms with Crippen LogP contribution in [-0.4, -0.2) is 27.7 Å². The van der Waals surface area contributed by atoms with Gasteiger partial charge < -0.3 is 15.8 Å². The summed E-state index contributed by atoms with van der Waals surface area (Å²) in [5.74, 6) is 6.33. The van der Waals surface area contributed by atoms with Crippen molar-refractivity contribution in [3.63, 3.8) is 0 Å². The predicted octanol–water partition coefficient (Wildman–Crippen LogP) is 1.24. The number of aliphatic hydroxyl groups is 1. The van der Waals surface area contributed by atoms with E-state index in [-0.39, 0.29) is 24.2 Å². The van der Waals surface area contributed by atoms with Gasteiger partial charge in [-0.25, -0.2) is 10.8 Å². The molecule has 1 aliphatic carbocycles. The standard InChI is InChI=1S/C12H19N5O3/c13-16-12-6-10(17(19)20)5-11(15-12)14-9-3-1-8(7-18)2-4-9/h5-6,8-9,18H,1-4,7,13H2,(H2,14,15,16). The fraction of sp³-hybridized carbons (Fsp3) is 0.583. The van der Waals surface area contributed by atoms with Crippen LogP contribution in [0.15, 0.2) is 12.1 Å². The zero-order chi connectivity index (χ0) is 14.5. The molecule has 8 nitrogen and oxygen atoms in total. The van der Waals surface area contributed by atoms with Crippen LogP contribution in [-0.2, 0) is 0 Å². The Labute approximate surface area is 116 Å². The number of anilines is 2. The number of aliphatic hydroxyl groups excluding tert-OH is 1. The largest absolute Gasteiger partial charge is 0.396 e. The molecule has 1 aliphatic rings. The highest BCUT2D eigenvalue weighted by Crippen LogP contribution is 2.27. The molecule has 20 heavy (non-hydrogen) atoms. The summed E-state index contributed by atoms with van der Waals surface area (Å²) < 4.78 is 0. The topological polar surface area (TPSA) is 126 Å². The first-order valence-corrected chi connectivity index (χ1v) is 6.63. The third-order valence-electron chi connectivity index (χ3n) is 3.63. The number of nitrogens with two attached hydrogens (primary N) is 1. The summed E-state index contributed by atoms with van der Waals surface area (Å²) in [7, 11) is 0. The van der Waals surface area contributed by atoms with Gasteiger partial charge in [0.25, 0.3) is 5.69 Å². The Bertz CT molecular complexity index is 474. The molecule has 5 N–H and O–H groups in total. The van der Waals surface area contributed by atoms with Crippen LogP contribution in [0.3, 0.4) is 0 Å². The molecule has 0 spiro atoms. The van der Waals surface area contributed by atoms with E-state index < -0.39 is 4.92 Å². The molecule has 1 saturated carbocycles. The minimum atomic E-state index is -0.476. The van der Waals surface area contributed by atoms with Gasteiger partial charge in [0.2, 0.25) is 0 Å². The second kappa shape index (κ2) is 6.49. The number of hydrogen-bond acceptors (Lipinski definition) is 7. The molecule has 0 amide bonds. The second-order valence-electron chi connectivity index (χ2n) is 5.04. The van der Waals surface area contributed by atoms with Crippen molar-refractivity contribution < 1.29 is 10.0 Å². The molecule has 0 radical (unpaired) electrons. The average molecular weight is 281 g/mol. The minimum Gasteiger partial charge on any atom is -0.396 e. The number of nitrogens with zero attached hydrogens (tertiary/aromatic N) is 2. The van der Waals surface area contributed by atoms with E-state index in [0.717, 1.165) is 25.7 Å². The predicted molar refractivity (Wildman–Crippen MR) is 75.2 cm³/mol. The van der Waals surface area contributed by atoms with Gasteiger partial charge in [-0.15, -0.1) is 0 Å². The number of aromatic nitrogens is 1. The van der Waals surface area contributed by atoms with Gasteiger partial charge in [-0.05, 0) is 31.6 Å². The first-order chi connectivity index (χ1) is 9.62. The summed E-state index contributed by atoms with van der Waals surface area (Å²) in [5, 5.41) is 23.2. The molecule has 0 aromatic carbocycles. The smallest absolute Gasteiger partial charge is 0.276 e. The quantitative estimate of drug-likeness (QED) is 0.363. The van der Waals surface area contributed by atoms with Gasteiger partial charge in [0, 0.05) is 12.6 Å². The normalized spacial score (nSPS) is 22.3. The molecule has 0 unspecified atom stereocenters. The van der Waals surface area contributed by atoms with Crippen LogP contribution >= 0.6 is 0 Å². The SMILES string of the molecule is NNc1cc([N+](=O)[O-])cc(NC2CCC(CO)CC2)n1. The Balaban J connectivity index is 2.05. The third kappa shape index (κ3) is 3.55.